The van der Waals surface area contributed by atoms with E-state index in [1.165, 1.54) is 0 Å². The Morgan fingerprint density at radius 1 is 1.31 bits per heavy atom. The van der Waals surface area contributed by atoms with Crippen LogP contribution in [-0.2, 0) is 4.57 Å². The average Bonchev–Trinajstić information content (AvgIpc) is 1.96. The first-order valence-corrected chi connectivity index (χ1v) is 8.59. The second-order valence-corrected chi connectivity index (χ2v) is 10.8. The van der Waals surface area contributed by atoms with Gasteiger partial charge in [-0.05, 0) is 64.9 Å². The largest absolute Gasteiger partial charge is 0.311 e. The summed E-state index contributed by atoms with van der Waals surface area (Å²) in [5.41, 5.74) is 2.22. The van der Waals surface area contributed by atoms with E-state index >= 15 is 0 Å². The molecule has 0 N–H and O–H groups in total. The molecule has 0 saturated heterocycles. The lowest BCUT2D eigenvalue weighted by Gasteiger charge is -2.07. The van der Waals surface area contributed by atoms with Crippen LogP contribution in [0.2, 0.25) is 0 Å². The zero-order valence-electron chi connectivity index (χ0n) is 7.25. The third kappa shape index (κ3) is 3.55. The highest BCUT2D eigenvalue weighted by atomic mass is 35.9. The van der Waals surface area contributed by atoms with E-state index in [1.54, 1.807) is 0 Å². The predicted molar refractivity (Wildman–Crippen MR) is 61.1 cm³/mol. The van der Waals surface area contributed by atoms with E-state index < -0.39 is 5.05 Å². The van der Waals surface area contributed by atoms with Crippen molar-refractivity contribution in [2.75, 3.05) is 0 Å². The van der Waals surface area contributed by atoms with Crippen LogP contribution in [0.5, 0.6) is 0 Å². The van der Waals surface area contributed by atoms with Crippen molar-refractivity contribution in [3.8, 4) is 0 Å². The highest BCUT2D eigenvalue weighted by Gasteiger charge is 2.17. The predicted octanol–water partition coefficient (Wildman–Crippen LogP) is 4.98. The van der Waals surface area contributed by atoms with Gasteiger partial charge in [-0.25, -0.2) is 0 Å². The van der Waals surface area contributed by atoms with Gasteiger partial charge in [0.2, 0.25) is 0 Å². The lowest BCUT2D eigenvalue weighted by atomic mass is 10.1. The number of halogens is 2. The molecule has 0 amide bonds. The molecule has 0 aromatic heterocycles. The van der Waals surface area contributed by atoms with Gasteiger partial charge in [-0.1, -0.05) is 12.1 Å². The molecule has 1 aromatic carbocycles. The number of hydrogen-bond acceptors (Lipinski definition) is 2. The molecule has 0 heterocycles. The van der Waals surface area contributed by atoms with E-state index in [9.17, 15) is 4.57 Å². The van der Waals surface area contributed by atoms with Crippen molar-refractivity contribution < 1.29 is 4.57 Å². The third-order valence-electron chi connectivity index (χ3n) is 1.76. The van der Waals surface area contributed by atoms with Crippen molar-refractivity contribution in [3.05, 3.63) is 29.3 Å². The molecule has 0 spiro atoms. The molecule has 1 aromatic rings. The van der Waals surface area contributed by atoms with Crippen LogP contribution < -0.4 is 0 Å². The minimum absolute atomic E-state index is 0.883. The Kier molecular flexibility index (Phi) is 3.76. The van der Waals surface area contributed by atoms with Crippen LogP contribution in [0.1, 0.15) is 11.1 Å². The Morgan fingerprint density at radius 3 is 2.46 bits per heavy atom. The highest BCUT2D eigenvalue weighted by molar-refractivity contribution is 8.72. The first-order chi connectivity index (χ1) is 5.90. The van der Waals surface area contributed by atoms with Crippen LogP contribution in [-0.4, -0.2) is 0 Å². The number of hydrogen-bond donors (Lipinski definition) is 0. The van der Waals surface area contributed by atoms with Crippen LogP contribution in [0.3, 0.4) is 0 Å². The molecule has 0 unspecified atom stereocenters. The summed E-state index contributed by atoms with van der Waals surface area (Å²) < 4.78 is 11.1. The van der Waals surface area contributed by atoms with Crippen LogP contribution in [0.25, 0.3) is 0 Å². The Labute approximate surface area is 91.5 Å². The average molecular weight is 255 g/mol. The van der Waals surface area contributed by atoms with Crippen LogP contribution in [0.4, 0.5) is 0 Å². The van der Waals surface area contributed by atoms with E-state index in [4.69, 9.17) is 22.5 Å². The smallest absolute Gasteiger partial charge is 0.277 e. The fourth-order valence-electron chi connectivity index (χ4n) is 0.938. The van der Waals surface area contributed by atoms with Crippen molar-refractivity contribution in [3.63, 3.8) is 0 Å². The SMILES string of the molecule is Cc1cccc(SP(=O)(Cl)Cl)c1C. The lowest BCUT2D eigenvalue weighted by Crippen LogP contribution is -1.82. The fourth-order valence-corrected chi connectivity index (χ4v) is 4.22. The van der Waals surface area contributed by atoms with Crippen molar-refractivity contribution >= 4 is 38.9 Å². The quantitative estimate of drug-likeness (QED) is 0.693. The fraction of sp³-hybridized carbons (Fsp3) is 0.250. The van der Waals surface area contributed by atoms with Crippen LogP contribution in [0, 0.1) is 13.8 Å². The maximum Gasteiger partial charge on any atom is 0.311 e. The van der Waals surface area contributed by atoms with E-state index in [0.29, 0.717) is 0 Å². The molecule has 1 nitrogen and oxygen atoms in total. The summed E-state index contributed by atoms with van der Waals surface area (Å²) in [7, 11) is 0. The molecule has 0 fully saturated rings. The number of aryl methyl sites for hydroxylation is 1. The molecule has 1 rings (SSSR count). The highest BCUT2D eigenvalue weighted by Crippen LogP contribution is 2.70. The molecule has 0 radical (unpaired) electrons. The zero-order chi connectivity index (χ0) is 10.1. The Hall–Kier alpha value is 0.380. The summed E-state index contributed by atoms with van der Waals surface area (Å²) in [4.78, 5) is 0.883. The molecule has 0 aliphatic rings. The van der Waals surface area contributed by atoms with E-state index in [2.05, 4.69) is 0 Å². The van der Waals surface area contributed by atoms with E-state index in [1.807, 2.05) is 32.0 Å². The van der Waals surface area contributed by atoms with Crippen molar-refractivity contribution in [1.82, 2.24) is 0 Å². The summed E-state index contributed by atoms with van der Waals surface area (Å²) in [6.07, 6.45) is 0. The zero-order valence-corrected chi connectivity index (χ0v) is 10.5. The van der Waals surface area contributed by atoms with Crippen molar-refractivity contribution in [2.45, 2.75) is 18.7 Å². The maximum atomic E-state index is 11.1. The van der Waals surface area contributed by atoms with Gasteiger partial charge in [0.05, 0.1) is 0 Å². The molecular formula is C8H9Cl2OPS. The number of rotatable bonds is 2. The molecule has 72 valence electrons. The molecule has 0 aliphatic heterocycles. The molecular weight excluding hydrogens is 246 g/mol. The van der Waals surface area contributed by atoms with Gasteiger partial charge in [0.15, 0.2) is 0 Å². The minimum Gasteiger partial charge on any atom is -0.277 e. The molecule has 5 heteroatoms. The van der Waals surface area contributed by atoms with Gasteiger partial charge in [-0.15, -0.1) is 0 Å². The second-order valence-electron chi connectivity index (χ2n) is 2.70. The first-order valence-electron chi connectivity index (χ1n) is 3.65. The summed E-state index contributed by atoms with van der Waals surface area (Å²) >= 11 is 12.0. The molecule has 13 heavy (non-hydrogen) atoms. The van der Waals surface area contributed by atoms with Gasteiger partial charge in [-0.3, -0.25) is 4.57 Å². The topological polar surface area (TPSA) is 17.1 Å². The molecule has 0 bridgehead atoms. The third-order valence-corrected chi connectivity index (χ3v) is 5.08. The Bertz CT molecular complexity index is 361. The number of benzene rings is 1. The van der Waals surface area contributed by atoms with Gasteiger partial charge < -0.3 is 0 Å². The first kappa shape index (κ1) is 11.5. The second kappa shape index (κ2) is 4.27. The Balaban J connectivity index is 3.03. The van der Waals surface area contributed by atoms with Gasteiger partial charge in [0.25, 0.3) is 0 Å². The molecule has 0 aliphatic carbocycles. The van der Waals surface area contributed by atoms with E-state index in [-0.39, 0.29) is 0 Å². The summed E-state index contributed by atoms with van der Waals surface area (Å²) in [6.45, 7) is 3.95. The molecule has 0 saturated carbocycles. The van der Waals surface area contributed by atoms with Gasteiger partial charge in [0, 0.05) is 4.90 Å². The van der Waals surface area contributed by atoms with Gasteiger partial charge >= 0.3 is 5.05 Å². The maximum absolute atomic E-state index is 11.1. The van der Waals surface area contributed by atoms with Gasteiger partial charge in [-0.2, -0.15) is 0 Å². The van der Waals surface area contributed by atoms with E-state index in [0.717, 1.165) is 27.4 Å². The summed E-state index contributed by atoms with van der Waals surface area (Å²) in [5.74, 6) is 0. The minimum atomic E-state index is -3.07. The van der Waals surface area contributed by atoms with Crippen LogP contribution >= 0.6 is 38.9 Å². The summed E-state index contributed by atoms with van der Waals surface area (Å²) in [6, 6.07) is 5.76. The van der Waals surface area contributed by atoms with Gasteiger partial charge in [0.1, 0.15) is 0 Å². The standard InChI is InChI=1S/C8H9Cl2OPS/c1-6-4-3-5-8(7(6)2)13-12(9,10)11/h3-5H,1-2H3. The van der Waals surface area contributed by atoms with Crippen LogP contribution in [0.15, 0.2) is 23.1 Å². The normalized spacial score (nSPS) is 11.7. The lowest BCUT2D eigenvalue weighted by molar-refractivity contribution is 0.600. The summed E-state index contributed by atoms with van der Waals surface area (Å²) in [5, 5.41) is -3.07. The Morgan fingerprint density at radius 2 is 1.92 bits per heavy atom. The van der Waals surface area contributed by atoms with Crippen molar-refractivity contribution in [1.29, 1.82) is 0 Å². The van der Waals surface area contributed by atoms with Crippen molar-refractivity contribution in [2.24, 2.45) is 0 Å². The monoisotopic (exact) mass is 254 g/mol. The molecule has 0 atom stereocenters.